The summed E-state index contributed by atoms with van der Waals surface area (Å²) in [5, 5.41) is 7.32. The molecule has 6 nitrogen and oxygen atoms in total. The van der Waals surface area contributed by atoms with Crippen LogP contribution in [0.15, 0.2) is 24.3 Å². The number of aromatic nitrogens is 2. The maximum absolute atomic E-state index is 13.1. The second-order valence-corrected chi connectivity index (χ2v) is 7.76. The van der Waals surface area contributed by atoms with Crippen LogP contribution in [-0.4, -0.2) is 45.6 Å². The lowest BCUT2D eigenvalue weighted by Crippen LogP contribution is -2.46. The van der Waals surface area contributed by atoms with E-state index in [4.69, 9.17) is 0 Å². The van der Waals surface area contributed by atoms with Crippen molar-refractivity contribution in [3.8, 4) is 5.69 Å². The van der Waals surface area contributed by atoms with Gasteiger partial charge in [0.15, 0.2) is 0 Å². The average Bonchev–Trinajstić information content (AvgIpc) is 2.81. The molecule has 0 radical (unpaired) electrons. The van der Waals surface area contributed by atoms with E-state index in [1.165, 1.54) is 17.0 Å². The highest BCUT2D eigenvalue weighted by atomic mass is 19.1. The molecule has 0 aliphatic heterocycles. The van der Waals surface area contributed by atoms with Crippen molar-refractivity contribution < 1.29 is 14.0 Å². The lowest BCUT2D eigenvalue weighted by atomic mass is 10.1. The molecule has 1 heterocycles. The molecule has 1 N–H and O–H groups in total. The van der Waals surface area contributed by atoms with Gasteiger partial charge in [0.05, 0.1) is 24.3 Å². The molecule has 0 spiro atoms. The molecule has 1 aromatic heterocycles. The molecule has 2 amide bonds. The number of amides is 2. The third kappa shape index (κ3) is 5.39. The lowest BCUT2D eigenvalue weighted by molar-refractivity contribution is -0.134. The number of aryl methyl sites for hydroxylation is 1. The minimum absolute atomic E-state index is 0.000295. The van der Waals surface area contributed by atoms with Crippen molar-refractivity contribution in [2.75, 3.05) is 13.6 Å². The summed E-state index contributed by atoms with van der Waals surface area (Å²) in [5.41, 5.74) is 2.75. The van der Waals surface area contributed by atoms with Gasteiger partial charge in [-0.15, -0.1) is 0 Å². The van der Waals surface area contributed by atoms with Crippen molar-refractivity contribution in [3.63, 3.8) is 0 Å². The van der Waals surface area contributed by atoms with Gasteiger partial charge in [0.2, 0.25) is 11.8 Å². The average molecular weight is 374 g/mol. The molecular formula is C20H27FN4O2. The number of hydrogen-bond donors (Lipinski definition) is 1. The van der Waals surface area contributed by atoms with Crippen LogP contribution in [0.2, 0.25) is 0 Å². The van der Waals surface area contributed by atoms with Gasteiger partial charge in [0, 0.05) is 23.8 Å². The monoisotopic (exact) mass is 374 g/mol. The zero-order chi connectivity index (χ0) is 20.4. The minimum Gasteiger partial charge on any atom is -0.350 e. The van der Waals surface area contributed by atoms with Gasteiger partial charge in [0.1, 0.15) is 5.82 Å². The lowest BCUT2D eigenvalue weighted by Gasteiger charge is -2.23. The number of nitrogens with one attached hydrogen (secondary N) is 1. The van der Waals surface area contributed by atoms with E-state index in [1.807, 2.05) is 34.6 Å². The van der Waals surface area contributed by atoms with Crippen LogP contribution in [0.3, 0.4) is 0 Å². The Morgan fingerprint density at radius 1 is 1.19 bits per heavy atom. The molecule has 0 saturated carbocycles. The third-order valence-electron chi connectivity index (χ3n) is 4.16. The van der Waals surface area contributed by atoms with Gasteiger partial charge in [-0.2, -0.15) is 5.10 Å². The largest absolute Gasteiger partial charge is 0.350 e. The quantitative estimate of drug-likeness (QED) is 0.875. The molecule has 1 aromatic carbocycles. The van der Waals surface area contributed by atoms with Crippen LogP contribution in [0.1, 0.15) is 37.7 Å². The number of hydrogen-bond acceptors (Lipinski definition) is 3. The number of rotatable bonds is 5. The predicted octanol–water partition coefficient (Wildman–Crippen LogP) is 2.54. The van der Waals surface area contributed by atoms with E-state index in [0.29, 0.717) is 0 Å². The Morgan fingerprint density at radius 2 is 1.78 bits per heavy atom. The third-order valence-corrected chi connectivity index (χ3v) is 4.16. The fourth-order valence-electron chi connectivity index (χ4n) is 2.81. The Kier molecular flexibility index (Phi) is 6.03. The molecule has 0 fully saturated rings. The van der Waals surface area contributed by atoms with Gasteiger partial charge < -0.3 is 10.2 Å². The van der Waals surface area contributed by atoms with Gasteiger partial charge in [-0.3, -0.25) is 9.59 Å². The summed E-state index contributed by atoms with van der Waals surface area (Å²) in [4.78, 5) is 26.0. The highest BCUT2D eigenvalue weighted by Gasteiger charge is 2.21. The Balaban J connectivity index is 2.12. The number of nitrogens with zero attached hydrogens (tertiary/aromatic N) is 3. The van der Waals surface area contributed by atoms with Gasteiger partial charge >= 0.3 is 0 Å². The topological polar surface area (TPSA) is 67.2 Å². The molecule has 0 atom stereocenters. The van der Waals surface area contributed by atoms with E-state index in [2.05, 4.69) is 10.4 Å². The molecule has 27 heavy (non-hydrogen) atoms. The number of benzene rings is 1. The highest BCUT2D eigenvalue weighted by Crippen LogP contribution is 2.19. The first kappa shape index (κ1) is 20.6. The van der Waals surface area contributed by atoms with Crippen LogP contribution in [-0.2, 0) is 16.0 Å². The number of likely N-dealkylation sites (N-methyl/N-ethyl adjacent to an activating group) is 1. The smallest absolute Gasteiger partial charge is 0.240 e. The van der Waals surface area contributed by atoms with Crippen molar-refractivity contribution >= 4 is 11.8 Å². The van der Waals surface area contributed by atoms with Gasteiger partial charge in [-0.05, 0) is 58.9 Å². The Morgan fingerprint density at radius 3 is 2.33 bits per heavy atom. The number of carbonyl (C=O) groups excluding carboxylic acids is 2. The predicted molar refractivity (Wildman–Crippen MR) is 102 cm³/mol. The second-order valence-electron chi connectivity index (χ2n) is 7.76. The molecule has 0 aliphatic carbocycles. The zero-order valence-corrected chi connectivity index (χ0v) is 16.8. The summed E-state index contributed by atoms with van der Waals surface area (Å²) in [6, 6.07) is 6.03. The van der Waals surface area contributed by atoms with Crippen LogP contribution in [0, 0.1) is 19.7 Å². The van der Waals surface area contributed by atoms with Crippen molar-refractivity contribution in [1.29, 1.82) is 0 Å². The summed E-state index contributed by atoms with van der Waals surface area (Å²) in [7, 11) is 1.61. The van der Waals surface area contributed by atoms with E-state index in [0.717, 1.165) is 22.6 Å². The minimum atomic E-state index is -0.343. The fraction of sp³-hybridized carbons (Fsp3) is 0.450. The van der Waals surface area contributed by atoms with Crippen LogP contribution in [0.25, 0.3) is 5.69 Å². The first-order chi connectivity index (χ1) is 12.5. The second kappa shape index (κ2) is 7.90. The summed E-state index contributed by atoms with van der Waals surface area (Å²) in [5.74, 6) is -0.677. The van der Waals surface area contributed by atoms with Crippen molar-refractivity contribution in [1.82, 2.24) is 20.0 Å². The Labute approximate surface area is 159 Å². The van der Waals surface area contributed by atoms with Crippen molar-refractivity contribution in [2.45, 2.75) is 46.6 Å². The number of carbonyl (C=O) groups is 2. The molecule has 0 unspecified atom stereocenters. The first-order valence-corrected chi connectivity index (χ1v) is 8.84. The van der Waals surface area contributed by atoms with E-state index >= 15 is 0 Å². The molecule has 2 aromatic rings. The van der Waals surface area contributed by atoms with Gasteiger partial charge in [-0.1, -0.05) is 0 Å². The van der Waals surface area contributed by atoms with Crippen LogP contribution < -0.4 is 5.32 Å². The zero-order valence-electron chi connectivity index (χ0n) is 16.8. The fourth-order valence-corrected chi connectivity index (χ4v) is 2.81. The molecule has 2 rings (SSSR count). The molecular weight excluding hydrogens is 347 g/mol. The summed E-state index contributed by atoms with van der Waals surface area (Å²) >= 11 is 0. The van der Waals surface area contributed by atoms with Crippen LogP contribution in [0.5, 0.6) is 0 Å². The Bertz CT molecular complexity index is 835. The van der Waals surface area contributed by atoms with Gasteiger partial charge in [-0.25, -0.2) is 9.07 Å². The molecule has 7 heteroatoms. The number of halogens is 1. The van der Waals surface area contributed by atoms with E-state index < -0.39 is 0 Å². The molecule has 146 valence electrons. The van der Waals surface area contributed by atoms with Crippen LogP contribution >= 0.6 is 0 Å². The van der Waals surface area contributed by atoms with Crippen molar-refractivity contribution in [2.24, 2.45) is 0 Å². The van der Waals surface area contributed by atoms with E-state index in [-0.39, 0.29) is 36.1 Å². The summed E-state index contributed by atoms with van der Waals surface area (Å²) < 4.78 is 14.8. The first-order valence-electron chi connectivity index (χ1n) is 8.84. The standard InChI is InChI=1S/C20H27FN4O2/c1-13-17(11-19(27)24(6)12-18(26)22-20(3,4)5)14(2)25(23-13)16-9-7-15(21)8-10-16/h7-10H,11-12H2,1-6H3,(H,22,26). The van der Waals surface area contributed by atoms with Crippen LogP contribution in [0.4, 0.5) is 4.39 Å². The molecule has 0 aliphatic rings. The summed E-state index contributed by atoms with van der Waals surface area (Å²) in [6.45, 7) is 9.39. The maximum Gasteiger partial charge on any atom is 0.240 e. The normalized spacial score (nSPS) is 11.4. The molecule has 0 saturated heterocycles. The van der Waals surface area contributed by atoms with E-state index in [9.17, 15) is 14.0 Å². The maximum atomic E-state index is 13.1. The van der Waals surface area contributed by atoms with E-state index in [1.54, 1.807) is 23.9 Å². The highest BCUT2D eigenvalue weighted by molar-refractivity contribution is 5.86. The molecule has 0 bridgehead atoms. The SMILES string of the molecule is Cc1nn(-c2ccc(F)cc2)c(C)c1CC(=O)N(C)CC(=O)NC(C)(C)C. The summed E-state index contributed by atoms with van der Waals surface area (Å²) in [6.07, 6.45) is 0.151. The Hall–Kier alpha value is -2.70. The van der Waals surface area contributed by atoms with Gasteiger partial charge in [0.25, 0.3) is 0 Å². The van der Waals surface area contributed by atoms with Crippen molar-refractivity contribution in [3.05, 3.63) is 47.0 Å².